The van der Waals surface area contributed by atoms with Crippen LogP contribution in [0.2, 0.25) is 0 Å². The molecule has 114 valence electrons. The quantitative estimate of drug-likeness (QED) is 0.618. The highest BCUT2D eigenvalue weighted by atomic mass is 16.2. The fourth-order valence-electron chi connectivity index (χ4n) is 2.00. The zero-order valence-electron chi connectivity index (χ0n) is 13.0. The molecule has 1 rings (SSSR count). The van der Waals surface area contributed by atoms with E-state index in [1.807, 2.05) is 13.8 Å². The van der Waals surface area contributed by atoms with Crippen molar-refractivity contribution >= 4 is 18.1 Å². The summed E-state index contributed by atoms with van der Waals surface area (Å²) < 4.78 is 0. The SMILES string of the molecule is CCC(=O)N(CC(C)C)N(C)C(=O)c1ccccc1C=O. The molecule has 0 unspecified atom stereocenters. The minimum atomic E-state index is -0.361. The maximum absolute atomic E-state index is 12.5. The molecule has 0 bridgehead atoms. The van der Waals surface area contributed by atoms with Gasteiger partial charge in [-0.15, -0.1) is 0 Å². The topological polar surface area (TPSA) is 57.7 Å². The molecule has 0 saturated heterocycles. The summed E-state index contributed by atoms with van der Waals surface area (Å²) in [6.45, 7) is 6.17. The lowest BCUT2D eigenvalue weighted by Crippen LogP contribution is -2.49. The van der Waals surface area contributed by atoms with E-state index in [9.17, 15) is 14.4 Å². The van der Waals surface area contributed by atoms with Crippen LogP contribution >= 0.6 is 0 Å². The standard InChI is InChI=1S/C16H22N2O3/c1-5-15(20)18(10-12(2)3)17(4)16(21)14-9-7-6-8-13(14)11-19/h6-9,11-12H,5,10H2,1-4H3. The zero-order chi connectivity index (χ0) is 16.0. The first-order valence-corrected chi connectivity index (χ1v) is 7.04. The van der Waals surface area contributed by atoms with Crippen molar-refractivity contribution in [1.29, 1.82) is 0 Å². The highest BCUT2D eigenvalue weighted by molar-refractivity contribution is 6.01. The third-order valence-corrected chi connectivity index (χ3v) is 3.10. The summed E-state index contributed by atoms with van der Waals surface area (Å²) in [6.07, 6.45) is 0.967. The van der Waals surface area contributed by atoms with E-state index in [4.69, 9.17) is 0 Å². The summed E-state index contributed by atoms with van der Waals surface area (Å²) >= 11 is 0. The van der Waals surface area contributed by atoms with Crippen molar-refractivity contribution in [3.05, 3.63) is 35.4 Å². The lowest BCUT2D eigenvalue weighted by atomic mass is 10.1. The molecule has 1 aromatic rings. The Bertz CT molecular complexity index is 526. The van der Waals surface area contributed by atoms with Crippen LogP contribution in [0.15, 0.2) is 24.3 Å². The molecule has 0 fully saturated rings. The predicted octanol–water partition coefficient (Wildman–Crippen LogP) is 2.38. The number of benzene rings is 1. The number of hydrogen-bond acceptors (Lipinski definition) is 3. The molecule has 21 heavy (non-hydrogen) atoms. The molecule has 0 aliphatic heterocycles. The van der Waals surface area contributed by atoms with Crippen LogP contribution in [0.3, 0.4) is 0 Å². The third-order valence-electron chi connectivity index (χ3n) is 3.10. The van der Waals surface area contributed by atoms with Gasteiger partial charge in [0.15, 0.2) is 6.29 Å². The van der Waals surface area contributed by atoms with Crippen LogP contribution in [0.4, 0.5) is 0 Å². The molecule has 2 amide bonds. The van der Waals surface area contributed by atoms with Crippen molar-refractivity contribution in [1.82, 2.24) is 10.0 Å². The van der Waals surface area contributed by atoms with E-state index in [1.54, 1.807) is 38.2 Å². The summed E-state index contributed by atoms with van der Waals surface area (Å²) in [6, 6.07) is 6.57. The van der Waals surface area contributed by atoms with Crippen LogP contribution < -0.4 is 0 Å². The Morgan fingerprint density at radius 1 is 1.24 bits per heavy atom. The van der Waals surface area contributed by atoms with Gasteiger partial charge in [-0.2, -0.15) is 0 Å². The van der Waals surface area contributed by atoms with E-state index in [1.165, 1.54) is 10.0 Å². The number of nitrogens with zero attached hydrogens (tertiary/aromatic N) is 2. The Balaban J connectivity index is 3.07. The van der Waals surface area contributed by atoms with Crippen molar-refractivity contribution in [3.8, 4) is 0 Å². The average molecular weight is 290 g/mol. The number of aldehydes is 1. The molecule has 0 aliphatic rings. The fourth-order valence-corrected chi connectivity index (χ4v) is 2.00. The predicted molar refractivity (Wildman–Crippen MR) is 80.8 cm³/mol. The van der Waals surface area contributed by atoms with Gasteiger partial charge in [0.2, 0.25) is 5.91 Å². The van der Waals surface area contributed by atoms with Crippen LogP contribution in [-0.2, 0) is 4.79 Å². The molecular weight excluding hydrogens is 268 g/mol. The Labute approximate surface area is 125 Å². The summed E-state index contributed by atoms with van der Waals surface area (Å²) in [4.78, 5) is 35.6. The number of hydrazine groups is 1. The van der Waals surface area contributed by atoms with Crippen LogP contribution in [0.5, 0.6) is 0 Å². The highest BCUT2D eigenvalue weighted by Crippen LogP contribution is 2.13. The van der Waals surface area contributed by atoms with E-state index in [0.717, 1.165) is 0 Å². The lowest BCUT2D eigenvalue weighted by Gasteiger charge is -2.33. The fraction of sp³-hybridized carbons (Fsp3) is 0.438. The smallest absolute Gasteiger partial charge is 0.272 e. The van der Waals surface area contributed by atoms with E-state index in [0.29, 0.717) is 30.4 Å². The normalized spacial score (nSPS) is 10.3. The minimum absolute atomic E-state index is 0.122. The maximum atomic E-state index is 12.5. The first-order valence-electron chi connectivity index (χ1n) is 7.04. The van der Waals surface area contributed by atoms with Gasteiger partial charge in [0.05, 0.1) is 5.56 Å². The van der Waals surface area contributed by atoms with Gasteiger partial charge in [0, 0.05) is 25.6 Å². The first kappa shape index (κ1) is 16.9. The second kappa shape index (κ2) is 7.57. The second-order valence-corrected chi connectivity index (χ2v) is 5.26. The molecule has 1 aromatic carbocycles. The number of hydrogen-bond donors (Lipinski definition) is 0. The molecule has 0 spiro atoms. The average Bonchev–Trinajstić information content (AvgIpc) is 2.50. The van der Waals surface area contributed by atoms with Crippen LogP contribution in [0, 0.1) is 5.92 Å². The third kappa shape index (κ3) is 4.15. The molecule has 0 radical (unpaired) electrons. The summed E-state index contributed by atoms with van der Waals surface area (Å²) in [5, 5.41) is 2.74. The molecule has 0 aromatic heterocycles. The van der Waals surface area contributed by atoms with Gasteiger partial charge < -0.3 is 0 Å². The van der Waals surface area contributed by atoms with Crippen molar-refractivity contribution in [2.45, 2.75) is 27.2 Å². The summed E-state index contributed by atoms with van der Waals surface area (Å²) in [7, 11) is 1.56. The van der Waals surface area contributed by atoms with Gasteiger partial charge in [-0.05, 0) is 12.0 Å². The van der Waals surface area contributed by atoms with E-state index >= 15 is 0 Å². The minimum Gasteiger partial charge on any atom is -0.298 e. The van der Waals surface area contributed by atoms with Crippen LogP contribution in [0.1, 0.15) is 47.9 Å². The molecule has 5 nitrogen and oxygen atoms in total. The maximum Gasteiger partial charge on any atom is 0.272 e. The van der Waals surface area contributed by atoms with Gasteiger partial charge >= 0.3 is 0 Å². The van der Waals surface area contributed by atoms with Crippen LogP contribution in [0.25, 0.3) is 0 Å². The molecular formula is C16H22N2O3. The second-order valence-electron chi connectivity index (χ2n) is 5.26. The van der Waals surface area contributed by atoms with Crippen molar-refractivity contribution < 1.29 is 14.4 Å². The monoisotopic (exact) mass is 290 g/mol. The Kier molecular flexibility index (Phi) is 6.09. The van der Waals surface area contributed by atoms with Crippen molar-refractivity contribution in [2.75, 3.05) is 13.6 Å². The van der Waals surface area contributed by atoms with Gasteiger partial charge in [-0.25, -0.2) is 0 Å². The van der Waals surface area contributed by atoms with E-state index < -0.39 is 0 Å². The first-order chi connectivity index (χ1) is 9.92. The molecule has 5 heteroatoms. The summed E-state index contributed by atoms with van der Waals surface area (Å²) in [5.41, 5.74) is 0.621. The molecule has 0 atom stereocenters. The van der Waals surface area contributed by atoms with Crippen molar-refractivity contribution in [3.63, 3.8) is 0 Å². The number of amides is 2. The molecule has 0 heterocycles. The largest absolute Gasteiger partial charge is 0.298 e. The highest BCUT2D eigenvalue weighted by Gasteiger charge is 2.24. The number of carbonyl (C=O) groups excluding carboxylic acids is 3. The number of rotatable bonds is 5. The number of carbonyl (C=O) groups is 3. The summed E-state index contributed by atoms with van der Waals surface area (Å²) in [5.74, 6) is -0.250. The Morgan fingerprint density at radius 3 is 2.38 bits per heavy atom. The van der Waals surface area contributed by atoms with Gasteiger partial charge in [-0.1, -0.05) is 39.0 Å². The van der Waals surface area contributed by atoms with Gasteiger partial charge in [0.1, 0.15) is 0 Å². The molecule has 0 N–H and O–H groups in total. The van der Waals surface area contributed by atoms with Crippen LogP contribution in [-0.4, -0.2) is 41.7 Å². The molecule has 0 aliphatic carbocycles. The Hall–Kier alpha value is -2.17. The Morgan fingerprint density at radius 2 is 1.86 bits per heavy atom. The zero-order valence-corrected chi connectivity index (χ0v) is 13.0. The van der Waals surface area contributed by atoms with Gasteiger partial charge in [-0.3, -0.25) is 24.4 Å². The van der Waals surface area contributed by atoms with E-state index in [2.05, 4.69) is 0 Å². The van der Waals surface area contributed by atoms with Gasteiger partial charge in [0.25, 0.3) is 5.91 Å². The lowest BCUT2D eigenvalue weighted by molar-refractivity contribution is -0.143. The van der Waals surface area contributed by atoms with E-state index in [-0.39, 0.29) is 17.7 Å². The molecule has 0 saturated carbocycles. The van der Waals surface area contributed by atoms with Crippen molar-refractivity contribution in [2.24, 2.45) is 5.92 Å².